The molecular weight excluding hydrogens is 300 g/mol. The van der Waals surface area contributed by atoms with Crippen LogP contribution in [0.1, 0.15) is 64.5 Å². The Morgan fingerprint density at radius 2 is 1.62 bits per heavy atom. The van der Waals surface area contributed by atoms with E-state index in [4.69, 9.17) is 0 Å². The molecule has 0 heterocycles. The molecule has 0 N–H and O–H groups in total. The van der Waals surface area contributed by atoms with Gasteiger partial charge in [0, 0.05) is 5.92 Å². The zero-order valence-electron chi connectivity index (χ0n) is 15.2. The number of aldehydes is 1. The third-order valence-electron chi connectivity index (χ3n) is 5.25. The van der Waals surface area contributed by atoms with E-state index in [0.29, 0.717) is 18.4 Å². The first-order valence-corrected chi connectivity index (χ1v) is 8.42. The fourth-order valence-electron chi connectivity index (χ4n) is 3.79. The van der Waals surface area contributed by atoms with Gasteiger partial charge < -0.3 is 0 Å². The second-order valence-corrected chi connectivity index (χ2v) is 7.75. The van der Waals surface area contributed by atoms with E-state index in [1.807, 2.05) is 30.3 Å². The summed E-state index contributed by atoms with van der Waals surface area (Å²) < 4.78 is 0. The van der Waals surface area contributed by atoms with Crippen molar-refractivity contribution < 1.29 is 14.4 Å². The topological polar surface area (TPSA) is 51.2 Å². The summed E-state index contributed by atoms with van der Waals surface area (Å²) in [7, 11) is 0. The summed E-state index contributed by atoms with van der Waals surface area (Å²) in [5.41, 5.74) is 1.46. The van der Waals surface area contributed by atoms with E-state index in [-0.39, 0.29) is 17.0 Å². The summed E-state index contributed by atoms with van der Waals surface area (Å²) in [6.45, 7) is 9.33. The highest BCUT2D eigenvalue weighted by Crippen LogP contribution is 2.49. The van der Waals surface area contributed by atoms with Crippen LogP contribution < -0.4 is 0 Å². The maximum absolute atomic E-state index is 12.5. The van der Waals surface area contributed by atoms with Crippen LogP contribution in [-0.4, -0.2) is 17.9 Å². The van der Waals surface area contributed by atoms with Crippen LogP contribution in [0.25, 0.3) is 0 Å². The van der Waals surface area contributed by atoms with Crippen LogP contribution in [0.3, 0.4) is 0 Å². The minimum atomic E-state index is -1.13. The van der Waals surface area contributed by atoms with E-state index < -0.39 is 11.3 Å². The van der Waals surface area contributed by atoms with Crippen molar-refractivity contribution in [3.05, 3.63) is 47.0 Å². The molecule has 0 spiro atoms. The summed E-state index contributed by atoms with van der Waals surface area (Å²) >= 11 is 0. The van der Waals surface area contributed by atoms with Gasteiger partial charge in [-0.3, -0.25) is 14.4 Å². The SMILES string of the molecule is CC(=O)C1(C(C)=O)CCC=C(C=O)[C@H]1c1ccc(C(C)(C)C)cc1. The Kier molecular flexibility index (Phi) is 4.93. The molecule has 0 amide bonds. The molecule has 3 nitrogen and oxygen atoms in total. The molecular formula is C21H26O3. The average molecular weight is 326 g/mol. The van der Waals surface area contributed by atoms with Crippen molar-refractivity contribution in [2.75, 3.05) is 0 Å². The van der Waals surface area contributed by atoms with Gasteiger partial charge in [-0.2, -0.15) is 0 Å². The number of carbonyl (C=O) groups excluding carboxylic acids is 3. The molecule has 0 bridgehead atoms. The zero-order chi connectivity index (χ0) is 18.1. The molecule has 1 aliphatic carbocycles. The normalized spacial score (nSPS) is 20.2. The van der Waals surface area contributed by atoms with Crippen molar-refractivity contribution in [2.45, 2.75) is 58.8 Å². The number of hydrogen-bond acceptors (Lipinski definition) is 3. The van der Waals surface area contributed by atoms with Gasteiger partial charge in [-0.05, 0) is 48.8 Å². The van der Waals surface area contributed by atoms with Crippen molar-refractivity contribution in [1.29, 1.82) is 0 Å². The minimum Gasteiger partial charge on any atom is -0.299 e. The van der Waals surface area contributed by atoms with Gasteiger partial charge in [0.15, 0.2) is 0 Å². The molecule has 24 heavy (non-hydrogen) atoms. The van der Waals surface area contributed by atoms with Crippen molar-refractivity contribution in [1.82, 2.24) is 0 Å². The third-order valence-corrected chi connectivity index (χ3v) is 5.25. The molecule has 128 valence electrons. The van der Waals surface area contributed by atoms with Gasteiger partial charge >= 0.3 is 0 Å². The summed E-state index contributed by atoms with van der Waals surface area (Å²) in [5, 5.41) is 0. The lowest BCUT2D eigenvalue weighted by Crippen LogP contribution is -2.44. The summed E-state index contributed by atoms with van der Waals surface area (Å²) in [4.78, 5) is 36.6. The van der Waals surface area contributed by atoms with Crippen LogP contribution in [0, 0.1) is 5.41 Å². The Morgan fingerprint density at radius 3 is 2.04 bits per heavy atom. The monoisotopic (exact) mass is 326 g/mol. The van der Waals surface area contributed by atoms with E-state index in [1.54, 1.807) is 0 Å². The second kappa shape index (κ2) is 6.46. The quantitative estimate of drug-likeness (QED) is 0.617. The molecule has 0 saturated carbocycles. The Hall–Kier alpha value is -2.03. The number of rotatable bonds is 4. The largest absolute Gasteiger partial charge is 0.299 e. The van der Waals surface area contributed by atoms with Crippen molar-refractivity contribution in [3.63, 3.8) is 0 Å². The molecule has 1 atom stereocenters. The highest BCUT2D eigenvalue weighted by molar-refractivity contribution is 6.07. The molecule has 3 heteroatoms. The van der Waals surface area contributed by atoms with Crippen LogP contribution in [0.15, 0.2) is 35.9 Å². The Labute approximate surface area is 144 Å². The van der Waals surface area contributed by atoms with Gasteiger partial charge in [0.1, 0.15) is 17.9 Å². The molecule has 0 saturated heterocycles. The lowest BCUT2D eigenvalue weighted by molar-refractivity contribution is -0.140. The fraction of sp³-hybridized carbons (Fsp3) is 0.476. The molecule has 0 unspecified atom stereocenters. The molecule has 1 aliphatic rings. The lowest BCUT2D eigenvalue weighted by Gasteiger charge is -2.40. The molecule has 0 aromatic heterocycles. The van der Waals surface area contributed by atoms with Crippen molar-refractivity contribution >= 4 is 17.9 Å². The van der Waals surface area contributed by atoms with E-state index in [0.717, 1.165) is 11.8 Å². The number of Topliss-reactive ketones (excluding diaryl/α,β-unsaturated/α-hetero) is 2. The smallest absolute Gasteiger partial charge is 0.146 e. The van der Waals surface area contributed by atoms with E-state index in [9.17, 15) is 14.4 Å². The standard InChI is InChI=1S/C21H26O3/c1-14(23)21(15(2)24)12-6-7-17(13-22)19(21)16-8-10-18(11-9-16)20(3,4)5/h7-11,13,19H,6,12H2,1-5H3/t19-/m1/s1. The predicted octanol–water partition coefficient (Wildman–Crippen LogP) is 4.15. The van der Waals surface area contributed by atoms with E-state index in [1.165, 1.54) is 19.4 Å². The van der Waals surface area contributed by atoms with Gasteiger partial charge in [-0.25, -0.2) is 0 Å². The van der Waals surface area contributed by atoms with Gasteiger partial charge in [0.05, 0.1) is 5.41 Å². The molecule has 1 aromatic rings. The minimum absolute atomic E-state index is 0.0205. The number of benzene rings is 1. The molecule has 0 aliphatic heterocycles. The molecule has 0 radical (unpaired) electrons. The zero-order valence-corrected chi connectivity index (χ0v) is 15.2. The maximum Gasteiger partial charge on any atom is 0.146 e. The highest BCUT2D eigenvalue weighted by Gasteiger charge is 2.50. The third kappa shape index (κ3) is 3.00. The number of carbonyl (C=O) groups is 3. The van der Waals surface area contributed by atoms with Gasteiger partial charge in [0.25, 0.3) is 0 Å². The van der Waals surface area contributed by atoms with Gasteiger partial charge in [-0.1, -0.05) is 51.1 Å². The molecule has 1 aromatic carbocycles. The first-order chi connectivity index (χ1) is 11.1. The summed E-state index contributed by atoms with van der Waals surface area (Å²) in [5.74, 6) is -0.813. The fourth-order valence-corrected chi connectivity index (χ4v) is 3.79. The number of allylic oxidation sites excluding steroid dienone is 2. The number of ketones is 2. The van der Waals surface area contributed by atoms with Crippen LogP contribution in [0.2, 0.25) is 0 Å². The lowest BCUT2D eigenvalue weighted by atomic mass is 9.59. The van der Waals surface area contributed by atoms with Crippen molar-refractivity contribution in [2.24, 2.45) is 5.41 Å². The Bertz CT molecular complexity index is 673. The predicted molar refractivity (Wildman–Crippen MR) is 95.1 cm³/mol. The summed E-state index contributed by atoms with van der Waals surface area (Å²) in [6, 6.07) is 7.96. The highest BCUT2D eigenvalue weighted by atomic mass is 16.2. The van der Waals surface area contributed by atoms with Crippen LogP contribution >= 0.6 is 0 Å². The number of hydrogen-bond donors (Lipinski definition) is 0. The van der Waals surface area contributed by atoms with Gasteiger partial charge in [0.2, 0.25) is 0 Å². The first-order valence-electron chi connectivity index (χ1n) is 8.42. The van der Waals surface area contributed by atoms with Crippen LogP contribution in [0.4, 0.5) is 0 Å². The Balaban J connectivity index is 2.62. The first kappa shape index (κ1) is 18.3. The Morgan fingerprint density at radius 1 is 1.08 bits per heavy atom. The molecule has 2 rings (SSSR count). The average Bonchev–Trinajstić information content (AvgIpc) is 2.52. The van der Waals surface area contributed by atoms with Gasteiger partial charge in [-0.15, -0.1) is 0 Å². The summed E-state index contributed by atoms with van der Waals surface area (Å²) in [6.07, 6.45) is 3.69. The van der Waals surface area contributed by atoms with E-state index >= 15 is 0 Å². The van der Waals surface area contributed by atoms with Crippen molar-refractivity contribution in [3.8, 4) is 0 Å². The maximum atomic E-state index is 12.5. The van der Waals surface area contributed by atoms with Crippen LogP contribution in [0.5, 0.6) is 0 Å². The van der Waals surface area contributed by atoms with E-state index in [2.05, 4.69) is 20.8 Å². The second-order valence-electron chi connectivity index (χ2n) is 7.75. The molecule has 0 fully saturated rings. The van der Waals surface area contributed by atoms with Crippen LogP contribution in [-0.2, 0) is 19.8 Å².